The van der Waals surface area contributed by atoms with E-state index in [4.69, 9.17) is 21.3 Å². The molecule has 340 valence electrons. The minimum atomic E-state index is -5.06. The van der Waals surface area contributed by atoms with E-state index in [2.05, 4.69) is 32.1 Å². The zero-order valence-corrected chi connectivity index (χ0v) is 37.8. The SMILES string of the molecule is C=NC(=CC=C(C)NC(=O)c1ccc(-c2ccc(-c3nc(C4CC(C)CN4C(=O)C(NC(=O)OC)C(C)C)[nH]c3Cl)cc2)c(OC(F)(F)F)c1)N1CCN(C(=O)C(C)(C)C)CC1C. The number of benzene rings is 2. The topological polar surface area (TPSA) is 162 Å². The van der Waals surface area contributed by atoms with Crippen molar-refractivity contribution < 1.29 is 41.8 Å². The fourth-order valence-electron chi connectivity index (χ4n) is 7.75. The summed E-state index contributed by atoms with van der Waals surface area (Å²) in [6.45, 7) is 20.6. The molecule has 14 nitrogen and oxygen atoms in total. The highest BCUT2D eigenvalue weighted by atomic mass is 35.5. The van der Waals surface area contributed by atoms with Gasteiger partial charge in [0.25, 0.3) is 5.91 Å². The van der Waals surface area contributed by atoms with Crippen LogP contribution in [0.25, 0.3) is 22.4 Å². The van der Waals surface area contributed by atoms with Crippen LogP contribution in [0.5, 0.6) is 5.75 Å². The van der Waals surface area contributed by atoms with Crippen molar-refractivity contribution in [1.29, 1.82) is 0 Å². The number of aliphatic imine (C=N–C) groups is 1. The van der Waals surface area contributed by atoms with Gasteiger partial charge in [-0.2, -0.15) is 0 Å². The average Bonchev–Trinajstić information content (AvgIpc) is 3.80. The highest BCUT2D eigenvalue weighted by Gasteiger charge is 2.41. The van der Waals surface area contributed by atoms with Gasteiger partial charge in [0.1, 0.15) is 34.3 Å². The number of aromatic nitrogens is 2. The van der Waals surface area contributed by atoms with Crippen molar-refractivity contribution >= 4 is 42.1 Å². The van der Waals surface area contributed by atoms with E-state index in [1.807, 2.05) is 58.3 Å². The fourth-order valence-corrected chi connectivity index (χ4v) is 8.00. The predicted molar refractivity (Wildman–Crippen MR) is 235 cm³/mol. The minimum absolute atomic E-state index is 0.0543. The molecule has 0 spiro atoms. The number of nitrogens with one attached hydrogen (secondary N) is 3. The van der Waals surface area contributed by atoms with Crippen molar-refractivity contribution in [3.05, 3.63) is 82.7 Å². The van der Waals surface area contributed by atoms with Crippen molar-refractivity contribution in [2.24, 2.45) is 22.2 Å². The highest BCUT2D eigenvalue weighted by molar-refractivity contribution is 6.32. The number of methoxy groups -OCH3 is 1. The number of allylic oxidation sites excluding steroid dienone is 3. The first-order valence-electron chi connectivity index (χ1n) is 20.6. The van der Waals surface area contributed by atoms with Gasteiger partial charge < -0.3 is 39.8 Å². The molecule has 2 aliphatic heterocycles. The van der Waals surface area contributed by atoms with Crippen LogP contribution < -0.4 is 15.4 Å². The van der Waals surface area contributed by atoms with E-state index in [1.165, 1.54) is 19.2 Å². The minimum Gasteiger partial charge on any atom is -0.453 e. The molecule has 0 radical (unpaired) electrons. The van der Waals surface area contributed by atoms with Crippen molar-refractivity contribution in [3.8, 4) is 28.1 Å². The number of hydrogen-bond acceptors (Lipinski definition) is 9. The number of aromatic amines is 1. The molecule has 4 atom stereocenters. The Morgan fingerprint density at radius 2 is 1.67 bits per heavy atom. The van der Waals surface area contributed by atoms with Gasteiger partial charge in [0.05, 0.1) is 13.2 Å². The van der Waals surface area contributed by atoms with E-state index >= 15 is 0 Å². The Morgan fingerprint density at radius 1 is 1.00 bits per heavy atom. The molecule has 5 rings (SSSR count). The van der Waals surface area contributed by atoms with E-state index in [-0.39, 0.29) is 46.0 Å². The molecule has 4 unspecified atom stereocenters. The van der Waals surface area contributed by atoms with Crippen molar-refractivity contribution in [2.75, 3.05) is 33.3 Å². The summed E-state index contributed by atoms with van der Waals surface area (Å²) >= 11 is 6.66. The molecule has 63 heavy (non-hydrogen) atoms. The van der Waals surface area contributed by atoms with Gasteiger partial charge >= 0.3 is 12.5 Å². The Hall–Kier alpha value is -5.84. The van der Waals surface area contributed by atoms with Gasteiger partial charge in [-0.25, -0.2) is 14.8 Å². The average molecular weight is 897 g/mol. The summed E-state index contributed by atoms with van der Waals surface area (Å²) in [5.74, 6) is -0.570. The smallest absolute Gasteiger partial charge is 0.453 e. The molecular weight excluding hydrogens is 841 g/mol. The van der Waals surface area contributed by atoms with Crippen molar-refractivity contribution in [3.63, 3.8) is 0 Å². The third kappa shape index (κ3) is 11.8. The quantitative estimate of drug-likeness (QED) is 0.121. The Bertz CT molecular complexity index is 2250. The number of hydrogen-bond donors (Lipinski definition) is 3. The molecule has 2 fully saturated rings. The predicted octanol–water partition coefficient (Wildman–Crippen LogP) is 8.34. The van der Waals surface area contributed by atoms with Crippen LogP contribution in [0.15, 0.2) is 71.1 Å². The number of carbonyl (C=O) groups excluding carboxylic acids is 4. The molecule has 2 aliphatic rings. The van der Waals surface area contributed by atoms with Gasteiger partial charge in [0.2, 0.25) is 11.8 Å². The molecule has 3 aromatic rings. The lowest BCUT2D eigenvalue weighted by Gasteiger charge is -2.42. The van der Waals surface area contributed by atoms with Crippen LogP contribution in [0.2, 0.25) is 5.15 Å². The summed E-state index contributed by atoms with van der Waals surface area (Å²) in [5, 5.41) is 5.54. The molecule has 0 aliphatic carbocycles. The van der Waals surface area contributed by atoms with E-state index in [1.54, 1.807) is 48.2 Å². The third-order valence-electron chi connectivity index (χ3n) is 10.9. The Kier molecular flexibility index (Phi) is 15.1. The van der Waals surface area contributed by atoms with Crippen LogP contribution in [-0.4, -0.2) is 107 Å². The molecule has 4 amide bonds. The number of nitrogens with zero attached hydrogens (tertiary/aromatic N) is 5. The van der Waals surface area contributed by atoms with Gasteiger partial charge in [-0.05, 0) is 74.7 Å². The molecular formula is C45H56ClF3N8O6. The number of H-pyrrole nitrogens is 1. The number of likely N-dealkylation sites (tertiary alicyclic amines) is 1. The van der Waals surface area contributed by atoms with Crippen LogP contribution in [0.4, 0.5) is 18.0 Å². The molecule has 3 heterocycles. The van der Waals surface area contributed by atoms with Gasteiger partial charge in [-0.3, -0.25) is 14.4 Å². The lowest BCUT2D eigenvalue weighted by atomic mass is 9.94. The molecule has 0 saturated carbocycles. The van der Waals surface area contributed by atoms with Crippen molar-refractivity contribution in [1.82, 2.24) is 35.3 Å². The Labute approximate surface area is 370 Å². The number of carbonyl (C=O) groups is 4. The normalized spacial score (nSPS) is 19.2. The molecule has 2 aromatic carbocycles. The zero-order chi connectivity index (χ0) is 46.6. The maximum Gasteiger partial charge on any atom is 0.573 e. The second kappa shape index (κ2) is 19.7. The number of imidazole rings is 1. The maximum atomic E-state index is 13.8. The second-order valence-electron chi connectivity index (χ2n) is 17.4. The van der Waals surface area contributed by atoms with Crippen LogP contribution >= 0.6 is 11.6 Å². The van der Waals surface area contributed by atoms with Gasteiger partial charge in [-0.1, -0.05) is 77.4 Å². The maximum absolute atomic E-state index is 13.8. The Morgan fingerprint density at radius 3 is 2.25 bits per heavy atom. The van der Waals surface area contributed by atoms with Crippen molar-refractivity contribution in [2.45, 2.75) is 86.3 Å². The first kappa shape index (κ1) is 48.2. The van der Waals surface area contributed by atoms with Gasteiger partial charge in [-0.15, -0.1) is 13.2 Å². The summed E-state index contributed by atoms with van der Waals surface area (Å²) in [6, 6.07) is 8.94. The third-order valence-corrected chi connectivity index (χ3v) is 11.2. The number of alkyl carbamates (subject to hydrolysis) is 1. The number of halogens is 4. The summed E-state index contributed by atoms with van der Waals surface area (Å²) in [5.41, 5.74) is 1.18. The number of ether oxygens (including phenoxy) is 2. The summed E-state index contributed by atoms with van der Waals surface area (Å²) < 4.78 is 50.4. The van der Waals surface area contributed by atoms with Crippen LogP contribution in [0.3, 0.4) is 0 Å². The standard InChI is InChI=1S/C45H56ClF3N8O6/c1-25(2)36(53-43(61)62-10)41(59)57-23-26(3)21-33(57)39-52-37(38(46)54-39)30-14-12-29(13-15-30)32-17-16-31(22-34(32)63-45(47,48)49)40(58)51-27(4)11-18-35(50-9)56-20-19-55(24-28(56)5)42(60)44(6,7)8/h11-18,22,25-26,28,33,36H,9,19-21,23-24H2,1-8,10H3,(H,51,58)(H,52,54)(H,53,61). The van der Waals surface area contributed by atoms with E-state index in [0.717, 1.165) is 6.07 Å². The van der Waals surface area contributed by atoms with Crippen LogP contribution in [0, 0.1) is 17.3 Å². The summed E-state index contributed by atoms with van der Waals surface area (Å²) in [6.07, 6.45) is -1.88. The molecule has 0 bridgehead atoms. The van der Waals surface area contributed by atoms with E-state index < -0.39 is 41.6 Å². The number of alkyl halides is 3. The Balaban J connectivity index is 1.33. The second-order valence-corrected chi connectivity index (χ2v) is 17.7. The lowest BCUT2D eigenvalue weighted by Crippen LogP contribution is -2.55. The van der Waals surface area contributed by atoms with Gasteiger partial charge in [0.15, 0.2) is 0 Å². The monoisotopic (exact) mass is 896 g/mol. The largest absolute Gasteiger partial charge is 0.573 e. The zero-order valence-electron chi connectivity index (χ0n) is 37.0. The highest BCUT2D eigenvalue weighted by Crippen LogP contribution is 2.39. The first-order valence-corrected chi connectivity index (χ1v) is 21.0. The summed E-state index contributed by atoms with van der Waals surface area (Å²) in [7, 11) is 1.23. The number of amides is 4. The number of rotatable bonds is 12. The molecule has 1 aromatic heterocycles. The van der Waals surface area contributed by atoms with E-state index in [0.29, 0.717) is 66.8 Å². The first-order chi connectivity index (χ1) is 29.5. The van der Waals surface area contributed by atoms with Crippen LogP contribution in [-0.2, 0) is 14.3 Å². The van der Waals surface area contributed by atoms with E-state index in [9.17, 15) is 32.3 Å². The molecule has 3 N–H and O–H groups in total. The number of piperazine rings is 1. The van der Waals surface area contributed by atoms with Gasteiger partial charge in [0, 0.05) is 60.0 Å². The molecule has 2 saturated heterocycles. The fraction of sp³-hybridized carbons (Fsp3) is 0.467. The molecule has 18 heteroatoms. The summed E-state index contributed by atoms with van der Waals surface area (Å²) in [4.78, 5) is 69.5. The van der Waals surface area contributed by atoms with Crippen LogP contribution in [0.1, 0.15) is 84.0 Å². The lowest BCUT2D eigenvalue weighted by molar-refractivity contribution is -0.274.